The minimum Gasteiger partial charge on any atom is -1.00 e. The van der Waals surface area contributed by atoms with Crippen LogP contribution in [-0.4, -0.2) is 44.4 Å². The average Bonchev–Trinajstić information content (AvgIpc) is 2.49. The molecule has 0 aliphatic carbocycles. The Balaban J connectivity index is 0.00000441. The lowest BCUT2D eigenvalue weighted by Gasteiger charge is -2.37. The number of halogens is 1. The molecule has 0 amide bonds. The first kappa shape index (κ1) is 22.4. The van der Waals surface area contributed by atoms with Crippen LogP contribution >= 0.6 is 0 Å². The van der Waals surface area contributed by atoms with E-state index in [9.17, 15) is 0 Å². The van der Waals surface area contributed by atoms with E-state index in [1.54, 1.807) is 0 Å². The molecule has 1 aliphatic rings. The molecule has 2 nitrogen and oxygen atoms in total. The van der Waals surface area contributed by atoms with Crippen LogP contribution in [0.2, 0.25) is 0 Å². The highest BCUT2D eigenvalue weighted by atomic mass is 79.9. The minimum absolute atomic E-state index is 0. The second kappa shape index (κ2) is 15.0. The van der Waals surface area contributed by atoms with E-state index in [2.05, 4.69) is 14.0 Å². The van der Waals surface area contributed by atoms with Gasteiger partial charge in [0.05, 0.1) is 26.8 Å². The van der Waals surface area contributed by atoms with Crippen molar-refractivity contribution in [3.8, 4) is 0 Å². The highest BCUT2D eigenvalue weighted by molar-refractivity contribution is 4.51. The van der Waals surface area contributed by atoms with Gasteiger partial charge in [0.1, 0.15) is 13.1 Å². The maximum atomic E-state index is 5.46. The molecule has 0 aromatic heterocycles. The van der Waals surface area contributed by atoms with Gasteiger partial charge in [-0.3, -0.25) is 0 Å². The zero-order valence-electron chi connectivity index (χ0n) is 15.3. The van der Waals surface area contributed by atoms with Crippen LogP contribution in [0.1, 0.15) is 84.0 Å². The second-order valence-electron chi connectivity index (χ2n) is 7.29. The number of rotatable bonds is 13. The highest BCUT2D eigenvalue weighted by Crippen LogP contribution is 2.14. The Kier molecular flexibility index (Phi) is 15.2. The fraction of sp³-hybridized carbons (Fsp3) is 1.00. The third-order valence-corrected chi connectivity index (χ3v) is 5.10. The van der Waals surface area contributed by atoms with Crippen LogP contribution in [0.15, 0.2) is 0 Å². The molecule has 0 aromatic carbocycles. The third-order valence-electron chi connectivity index (χ3n) is 5.10. The van der Waals surface area contributed by atoms with Gasteiger partial charge in [0.2, 0.25) is 0 Å². The molecule has 22 heavy (non-hydrogen) atoms. The van der Waals surface area contributed by atoms with E-state index in [4.69, 9.17) is 4.74 Å². The van der Waals surface area contributed by atoms with Crippen LogP contribution in [0.3, 0.4) is 0 Å². The van der Waals surface area contributed by atoms with Gasteiger partial charge in [-0.15, -0.1) is 0 Å². The molecular weight excluding hydrogens is 338 g/mol. The summed E-state index contributed by atoms with van der Waals surface area (Å²) in [5, 5.41) is 0. The molecule has 1 aliphatic heterocycles. The number of likely N-dealkylation sites (N-methyl/N-ethyl adjacent to an activating group) is 1. The van der Waals surface area contributed by atoms with Gasteiger partial charge in [0.25, 0.3) is 0 Å². The molecule has 1 rings (SSSR count). The Bertz CT molecular complexity index is 229. The molecule has 134 valence electrons. The summed E-state index contributed by atoms with van der Waals surface area (Å²) in [6.07, 6.45) is 17.4. The van der Waals surface area contributed by atoms with Crippen molar-refractivity contribution in [2.45, 2.75) is 84.0 Å². The zero-order chi connectivity index (χ0) is 15.2. The van der Waals surface area contributed by atoms with Crippen molar-refractivity contribution in [3.05, 3.63) is 0 Å². The molecule has 0 atom stereocenters. The van der Waals surface area contributed by atoms with Crippen molar-refractivity contribution in [1.29, 1.82) is 0 Å². The van der Waals surface area contributed by atoms with E-state index in [1.807, 2.05) is 0 Å². The highest BCUT2D eigenvalue weighted by Gasteiger charge is 2.23. The van der Waals surface area contributed by atoms with Crippen molar-refractivity contribution < 1.29 is 26.2 Å². The molecule has 0 spiro atoms. The predicted octanol–water partition coefficient (Wildman–Crippen LogP) is 2.17. The number of quaternary nitrogens is 1. The van der Waals surface area contributed by atoms with Gasteiger partial charge in [-0.25, -0.2) is 0 Å². The Labute approximate surface area is 150 Å². The first-order valence-electron chi connectivity index (χ1n) is 9.68. The zero-order valence-corrected chi connectivity index (χ0v) is 16.8. The SMILES string of the molecule is CCCCCCCCCCCCCC[N+]1(C)CCOCC1.[Br-]. The molecule has 1 heterocycles. The van der Waals surface area contributed by atoms with E-state index in [-0.39, 0.29) is 17.0 Å². The quantitative estimate of drug-likeness (QED) is 0.353. The van der Waals surface area contributed by atoms with Crippen molar-refractivity contribution >= 4 is 0 Å². The molecule has 0 N–H and O–H groups in total. The summed E-state index contributed by atoms with van der Waals surface area (Å²) in [4.78, 5) is 0. The number of ether oxygens (including phenoxy) is 1. The monoisotopic (exact) mass is 377 g/mol. The molecule has 0 aromatic rings. The standard InChI is InChI=1S/C19H40NO.BrH/c1-3-4-5-6-7-8-9-10-11-12-13-14-15-20(2)16-18-21-19-17-20;/h3-19H2,1-2H3;1H/q+1;/p-1. The van der Waals surface area contributed by atoms with Gasteiger partial charge in [-0.1, -0.05) is 71.1 Å². The molecule has 1 fully saturated rings. The third kappa shape index (κ3) is 11.9. The summed E-state index contributed by atoms with van der Waals surface area (Å²) >= 11 is 0. The van der Waals surface area contributed by atoms with Crippen LogP contribution < -0.4 is 17.0 Å². The van der Waals surface area contributed by atoms with E-state index in [0.717, 1.165) is 13.2 Å². The molecule has 0 bridgehead atoms. The van der Waals surface area contributed by atoms with E-state index in [0.29, 0.717) is 0 Å². The molecular formula is C19H40BrNO. The second-order valence-corrected chi connectivity index (χ2v) is 7.29. The number of morpholine rings is 1. The van der Waals surface area contributed by atoms with Crippen LogP contribution in [0, 0.1) is 0 Å². The van der Waals surface area contributed by atoms with Crippen molar-refractivity contribution in [1.82, 2.24) is 0 Å². The van der Waals surface area contributed by atoms with Crippen LogP contribution in [-0.2, 0) is 4.74 Å². The van der Waals surface area contributed by atoms with Crippen molar-refractivity contribution in [2.75, 3.05) is 39.9 Å². The number of nitrogens with zero attached hydrogens (tertiary/aromatic N) is 1. The summed E-state index contributed by atoms with van der Waals surface area (Å²) in [5.74, 6) is 0. The van der Waals surface area contributed by atoms with E-state index in [1.165, 1.54) is 101 Å². The summed E-state index contributed by atoms with van der Waals surface area (Å²) in [6.45, 7) is 8.03. The average molecular weight is 378 g/mol. The maximum Gasteiger partial charge on any atom is 0.102 e. The molecule has 3 heteroatoms. The Hall–Kier alpha value is 0.400. The van der Waals surface area contributed by atoms with Crippen LogP contribution in [0.5, 0.6) is 0 Å². The molecule has 1 saturated heterocycles. The van der Waals surface area contributed by atoms with Crippen molar-refractivity contribution in [2.24, 2.45) is 0 Å². The largest absolute Gasteiger partial charge is 1.00 e. The topological polar surface area (TPSA) is 9.23 Å². The number of unbranched alkanes of at least 4 members (excludes halogenated alkanes) is 11. The van der Waals surface area contributed by atoms with Gasteiger partial charge < -0.3 is 26.2 Å². The lowest BCUT2D eigenvalue weighted by Crippen LogP contribution is -3.00. The van der Waals surface area contributed by atoms with Crippen molar-refractivity contribution in [3.63, 3.8) is 0 Å². The fourth-order valence-corrected chi connectivity index (χ4v) is 3.34. The van der Waals surface area contributed by atoms with Gasteiger partial charge in [-0.05, 0) is 12.8 Å². The fourth-order valence-electron chi connectivity index (χ4n) is 3.34. The van der Waals surface area contributed by atoms with E-state index >= 15 is 0 Å². The normalized spacial score (nSPS) is 17.2. The number of hydrogen-bond donors (Lipinski definition) is 0. The number of hydrogen-bond acceptors (Lipinski definition) is 1. The Morgan fingerprint density at radius 3 is 1.55 bits per heavy atom. The lowest BCUT2D eigenvalue weighted by atomic mass is 10.1. The van der Waals surface area contributed by atoms with Gasteiger partial charge in [-0.2, -0.15) is 0 Å². The lowest BCUT2D eigenvalue weighted by molar-refractivity contribution is -0.917. The van der Waals surface area contributed by atoms with Gasteiger partial charge in [0.15, 0.2) is 0 Å². The first-order valence-corrected chi connectivity index (χ1v) is 9.68. The predicted molar refractivity (Wildman–Crippen MR) is 92.7 cm³/mol. The first-order chi connectivity index (χ1) is 10.3. The summed E-state index contributed by atoms with van der Waals surface area (Å²) in [7, 11) is 2.40. The summed E-state index contributed by atoms with van der Waals surface area (Å²) in [5.41, 5.74) is 0. The maximum absolute atomic E-state index is 5.46. The van der Waals surface area contributed by atoms with Gasteiger partial charge in [0, 0.05) is 0 Å². The van der Waals surface area contributed by atoms with Crippen LogP contribution in [0.4, 0.5) is 0 Å². The van der Waals surface area contributed by atoms with Crippen LogP contribution in [0.25, 0.3) is 0 Å². The van der Waals surface area contributed by atoms with E-state index < -0.39 is 0 Å². The minimum atomic E-state index is 0. The summed E-state index contributed by atoms with van der Waals surface area (Å²) < 4.78 is 6.71. The van der Waals surface area contributed by atoms with Gasteiger partial charge >= 0.3 is 0 Å². The summed E-state index contributed by atoms with van der Waals surface area (Å²) in [6, 6.07) is 0. The molecule has 0 radical (unpaired) electrons. The Morgan fingerprint density at radius 1 is 0.682 bits per heavy atom. The molecule has 0 unspecified atom stereocenters. The Morgan fingerprint density at radius 2 is 1.09 bits per heavy atom. The smallest absolute Gasteiger partial charge is 0.102 e. The molecule has 0 saturated carbocycles.